The average molecular weight is 286 g/mol. The van der Waals surface area contributed by atoms with Gasteiger partial charge in [0.2, 0.25) is 0 Å². The van der Waals surface area contributed by atoms with Crippen LogP contribution in [0, 0.1) is 11.3 Å². The van der Waals surface area contributed by atoms with E-state index in [2.05, 4.69) is 5.32 Å². The summed E-state index contributed by atoms with van der Waals surface area (Å²) >= 11 is 1.32. The van der Waals surface area contributed by atoms with E-state index in [0.717, 1.165) is 0 Å². The first kappa shape index (κ1) is 12.5. The number of thiophene rings is 1. The second-order valence-electron chi connectivity index (χ2n) is 4.09. The highest BCUT2D eigenvalue weighted by atomic mass is 32.1. The van der Waals surface area contributed by atoms with Gasteiger partial charge >= 0.3 is 0 Å². The van der Waals surface area contributed by atoms with Gasteiger partial charge in [-0.1, -0.05) is 0 Å². The van der Waals surface area contributed by atoms with Gasteiger partial charge in [0.25, 0.3) is 5.91 Å². The normalized spacial score (nSPS) is 12.6. The van der Waals surface area contributed by atoms with E-state index in [1.165, 1.54) is 11.3 Å². The molecule has 1 amide bonds. The Kier molecular flexibility index (Phi) is 3.27. The number of carbonyl (C=O) groups is 1. The fourth-order valence-corrected chi connectivity index (χ4v) is 2.59. The number of nitriles is 1. The van der Waals surface area contributed by atoms with Gasteiger partial charge < -0.3 is 14.8 Å². The number of carbonyl (C=O) groups excluding carboxylic acids is 1. The summed E-state index contributed by atoms with van der Waals surface area (Å²) in [6.45, 7) is 0.987. The van der Waals surface area contributed by atoms with Gasteiger partial charge in [0, 0.05) is 5.56 Å². The van der Waals surface area contributed by atoms with Gasteiger partial charge in [-0.25, -0.2) is 0 Å². The molecule has 1 N–H and O–H groups in total. The molecule has 0 aliphatic carbocycles. The number of amides is 1. The molecule has 1 aliphatic heterocycles. The summed E-state index contributed by atoms with van der Waals surface area (Å²) in [5, 5.41) is 14.0. The third-order valence-corrected chi connectivity index (χ3v) is 3.65. The zero-order chi connectivity index (χ0) is 13.9. The van der Waals surface area contributed by atoms with Crippen LogP contribution in [-0.2, 0) is 0 Å². The molecule has 0 saturated carbocycles. The van der Waals surface area contributed by atoms with E-state index < -0.39 is 0 Å². The van der Waals surface area contributed by atoms with Crippen molar-refractivity contribution in [1.82, 2.24) is 0 Å². The molecular weight excluding hydrogens is 276 g/mol. The molecule has 100 valence electrons. The van der Waals surface area contributed by atoms with Gasteiger partial charge in [-0.15, -0.1) is 11.3 Å². The molecular formula is C14H10N2O3S. The fourth-order valence-electron chi connectivity index (χ4n) is 1.85. The van der Waals surface area contributed by atoms with Gasteiger partial charge in [-0.2, -0.15) is 5.26 Å². The van der Waals surface area contributed by atoms with Gasteiger partial charge in [-0.05, 0) is 29.6 Å². The van der Waals surface area contributed by atoms with Crippen molar-refractivity contribution in [3.05, 3.63) is 40.8 Å². The summed E-state index contributed by atoms with van der Waals surface area (Å²) in [5.74, 6) is 0.929. The summed E-state index contributed by atoms with van der Waals surface area (Å²) < 4.78 is 10.8. The summed E-state index contributed by atoms with van der Waals surface area (Å²) in [6, 6.07) is 8.73. The number of anilines is 1. The van der Waals surface area contributed by atoms with Gasteiger partial charge in [-0.3, -0.25) is 4.79 Å². The minimum atomic E-state index is -0.277. The Labute approximate surface area is 119 Å². The van der Waals surface area contributed by atoms with Crippen molar-refractivity contribution in [2.75, 3.05) is 18.5 Å². The monoisotopic (exact) mass is 286 g/mol. The SMILES string of the molecule is N#Cc1ccsc1NC(=O)c1ccc2c(c1)OCCO2. The number of hydrogen-bond acceptors (Lipinski definition) is 5. The van der Waals surface area contributed by atoms with Crippen LogP contribution in [0.4, 0.5) is 5.00 Å². The lowest BCUT2D eigenvalue weighted by Gasteiger charge is -2.18. The van der Waals surface area contributed by atoms with Crippen molar-refractivity contribution in [2.24, 2.45) is 0 Å². The molecule has 1 aliphatic rings. The summed E-state index contributed by atoms with van der Waals surface area (Å²) in [6.07, 6.45) is 0. The Bertz CT molecular complexity index is 703. The Morgan fingerprint density at radius 2 is 2.05 bits per heavy atom. The van der Waals surface area contributed by atoms with Crippen molar-refractivity contribution in [3.63, 3.8) is 0 Å². The lowest BCUT2D eigenvalue weighted by atomic mass is 10.2. The molecule has 3 rings (SSSR count). The largest absolute Gasteiger partial charge is 0.486 e. The maximum atomic E-state index is 12.2. The highest BCUT2D eigenvalue weighted by Gasteiger charge is 2.16. The lowest BCUT2D eigenvalue weighted by Crippen LogP contribution is -2.17. The maximum Gasteiger partial charge on any atom is 0.256 e. The lowest BCUT2D eigenvalue weighted by molar-refractivity contribution is 0.102. The Balaban J connectivity index is 1.82. The van der Waals surface area contributed by atoms with Gasteiger partial charge in [0.1, 0.15) is 24.3 Å². The van der Waals surface area contributed by atoms with Crippen LogP contribution < -0.4 is 14.8 Å². The van der Waals surface area contributed by atoms with E-state index in [0.29, 0.717) is 40.8 Å². The number of ether oxygens (including phenoxy) is 2. The molecule has 0 unspecified atom stereocenters. The van der Waals surface area contributed by atoms with Crippen LogP contribution in [0.2, 0.25) is 0 Å². The van der Waals surface area contributed by atoms with Crippen molar-refractivity contribution in [3.8, 4) is 17.6 Å². The summed E-state index contributed by atoms with van der Waals surface area (Å²) in [4.78, 5) is 12.2. The molecule has 0 spiro atoms. The van der Waals surface area contributed by atoms with E-state index in [4.69, 9.17) is 14.7 Å². The average Bonchev–Trinajstić information content (AvgIpc) is 2.94. The molecule has 2 aromatic rings. The number of benzene rings is 1. The molecule has 0 radical (unpaired) electrons. The van der Waals surface area contributed by atoms with Crippen molar-refractivity contribution in [2.45, 2.75) is 0 Å². The molecule has 0 fully saturated rings. The van der Waals surface area contributed by atoms with Crippen LogP contribution in [0.25, 0.3) is 0 Å². The van der Waals surface area contributed by atoms with Crippen LogP contribution in [0.5, 0.6) is 11.5 Å². The quantitative estimate of drug-likeness (QED) is 0.921. The first-order valence-corrected chi connectivity index (χ1v) is 6.84. The minimum absolute atomic E-state index is 0.277. The highest BCUT2D eigenvalue weighted by molar-refractivity contribution is 7.14. The zero-order valence-corrected chi connectivity index (χ0v) is 11.2. The number of nitrogens with one attached hydrogen (secondary N) is 1. The van der Waals surface area contributed by atoms with E-state index >= 15 is 0 Å². The van der Waals surface area contributed by atoms with Crippen molar-refractivity contribution >= 4 is 22.2 Å². The van der Waals surface area contributed by atoms with E-state index in [-0.39, 0.29) is 5.91 Å². The number of hydrogen-bond donors (Lipinski definition) is 1. The molecule has 0 saturated heterocycles. The van der Waals surface area contributed by atoms with Crippen molar-refractivity contribution < 1.29 is 14.3 Å². The van der Waals surface area contributed by atoms with Crippen LogP contribution in [0.15, 0.2) is 29.6 Å². The Morgan fingerprint density at radius 1 is 1.25 bits per heavy atom. The van der Waals surface area contributed by atoms with E-state index in [1.807, 2.05) is 6.07 Å². The van der Waals surface area contributed by atoms with E-state index in [9.17, 15) is 4.79 Å². The number of rotatable bonds is 2. The van der Waals surface area contributed by atoms with Crippen LogP contribution in [0.3, 0.4) is 0 Å². The zero-order valence-electron chi connectivity index (χ0n) is 10.4. The van der Waals surface area contributed by atoms with E-state index in [1.54, 1.807) is 29.6 Å². The van der Waals surface area contributed by atoms with Gasteiger partial charge in [0.05, 0.1) is 5.56 Å². The maximum absolute atomic E-state index is 12.2. The van der Waals surface area contributed by atoms with Crippen LogP contribution in [-0.4, -0.2) is 19.1 Å². The third-order valence-electron chi connectivity index (χ3n) is 2.82. The predicted octanol–water partition coefficient (Wildman–Crippen LogP) is 2.64. The summed E-state index contributed by atoms with van der Waals surface area (Å²) in [7, 11) is 0. The van der Waals surface area contributed by atoms with Crippen LogP contribution in [0.1, 0.15) is 15.9 Å². The second-order valence-corrected chi connectivity index (χ2v) is 5.00. The Hall–Kier alpha value is -2.52. The number of fused-ring (bicyclic) bond motifs is 1. The molecule has 0 bridgehead atoms. The van der Waals surface area contributed by atoms with Crippen molar-refractivity contribution in [1.29, 1.82) is 5.26 Å². The predicted molar refractivity (Wildman–Crippen MR) is 74.4 cm³/mol. The Morgan fingerprint density at radius 3 is 2.85 bits per heavy atom. The topological polar surface area (TPSA) is 71.4 Å². The molecule has 1 aromatic heterocycles. The summed E-state index contributed by atoms with van der Waals surface area (Å²) in [5.41, 5.74) is 0.924. The number of nitrogens with zero attached hydrogens (tertiary/aromatic N) is 1. The van der Waals surface area contributed by atoms with Gasteiger partial charge in [0.15, 0.2) is 11.5 Å². The first-order valence-electron chi connectivity index (χ1n) is 5.96. The van der Waals surface area contributed by atoms with Crippen LogP contribution >= 0.6 is 11.3 Å². The molecule has 5 nitrogen and oxygen atoms in total. The highest BCUT2D eigenvalue weighted by Crippen LogP contribution is 2.31. The molecule has 2 heterocycles. The smallest absolute Gasteiger partial charge is 0.256 e. The fraction of sp³-hybridized carbons (Fsp3) is 0.143. The second kappa shape index (κ2) is 5.23. The molecule has 0 atom stereocenters. The minimum Gasteiger partial charge on any atom is -0.486 e. The molecule has 20 heavy (non-hydrogen) atoms. The third kappa shape index (κ3) is 2.31. The molecule has 1 aromatic carbocycles. The first-order chi connectivity index (χ1) is 9.78. The molecule has 6 heteroatoms. The standard InChI is InChI=1S/C14H10N2O3S/c15-8-10-3-6-20-14(10)16-13(17)9-1-2-11-12(7-9)19-5-4-18-11/h1-3,6-7H,4-5H2,(H,16,17).